The molecule has 218 valence electrons. The SMILES string of the molecule is C[C@@H](C[C@H](F)Cn1cc(F)c2cc(-c3ncc(C(F)F)c(N)n3)c(F)cc2c1=O)Nc1cn[nH]c(=O)c1C(F)(F)F. The Hall–Kier alpha value is -4.57. The van der Waals surface area contributed by atoms with E-state index < -0.39 is 105 Å². The van der Waals surface area contributed by atoms with Gasteiger partial charge in [0.1, 0.15) is 29.2 Å². The Kier molecular flexibility index (Phi) is 7.98. The molecular weight excluding hydrogens is 570 g/mol. The highest BCUT2D eigenvalue weighted by atomic mass is 19.4. The van der Waals surface area contributed by atoms with Crippen molar-refractivity contribution in [3.8, 4) is 11.4 Å². The third-order valence-electron chi connectivity index (χ3n) is 5.99. The lowest BCUT2D eigenvalue weighted by atomic mass is 10.1. The van der Waals surface area contributed by atoms with Crippen molar-refractivity contribution in [1.29, 1.82) is 0 Å². The molecule has 4 rings (SSSR count). The molecule has 0 unspecified atom stereocenters. The molecule has 17 heteroatoms. The van der Waals surface area contributed by atoms with Crippen LogP contribution in [0.3, 0.4) is 0 Å². The van der Waals surface area contributed by atoms with Crippen molar-refractivity contribution in [3.63, 3.8) is 0 Å². The lowest BCUT2D eigenvalue weighted by molar-refractivity contribution is -0.138. The fourth-order valence-electron chi connectivity index (χ4n) is 4.16. The van der Waals surface area contributed by atoms with Gasteiger partial charge in [0.25, 0.3) is 17.5 Å². The van der Waals surface area contributed by atoms with Gasteiger partial charge in [0, 0.05) is 30.2 Å². The summed E-state index contributed by atoms with van der Waals surface area (Å²) in [5, 5.41) is 6.45. The zero-order valence-corrected chi connectivity index (χ0v) is 20.7. The maximum absolute atomic E-state index is 15.0. The van der Waals surface area contributed by atoms with Crippen LogP contribution in [0, 0.1) is 11.6 Å². The third kappa shape index (κ3) is 6.12. The number of hydrogen-bond donors (Lipinski definition) is 3. The molecule has 3 aromatic heterocycles. The van der Waals surface area contributed by atoms with E-state index in [1.807, 2.05) is 0 Å². The highest BCUT2D eigenvalue weighted by molar-refractivity contribution is 5.86. The quantitative estimate of drug-likeness (QED) is 0.256. The minimum absolute atomic E-state index is 0.394. The second-order valence-electron chi connectivity index (χ2n) is 9.01. The van der Waals surface area contributed by atoms with E-state index in [0.29, 0.717) is 29.2 Å². The lowest BCUT2D eigenvalue weighted by Gasteiger charge is -2.20. The first-order valence-corrected chi connectivity index (χ1v) is 11.7. The molecule has 0 fully saturated rings. The van der Waals surface area contributed by atoms with Gasteiger partial charge in [0.05, 0.1) is 34.9 Å². The topological polar surface area (TPSA) is 132 Å². The van der Waals surface area contributed by atoms with Crippen LogP contribution in [-0.2, 0) is 12.7 Å². The first-order chi connectivity index (χ1) is 19.2. The predicted octanol–water partition coefficient (Wildman–Crippen LogP) is 4.59. The molecule has 0 aliphatic rings. The first kappa shape index (κ1) is 29.4. The summed E-state index contributed by atoms with van der Waals surface area (Å²) >= 11 is 0. The van der Waals surface area contributed by atoms with Crippen molar-refractivity contribution >= 4 is 22.3 Å². The predicted molar refractivity (Wildman–Crippen MR) is 131 cm³/mol. The number of nitrogens with two attached hydrogens (primary N) is 1. The Morgan fingerprint density at radius 1 is 1.07 bits per heavy atom. The van der Waals surface area contributed by atoms with Crippen molar-refractivity contribution in [2.24, 2.45) is 0 Å². The number of hydrogen-bond acceptors (Lipinski definition) is 7. The van der Waals surface area contributed by atoms with Crippen LogP contribution in [0.15, 0.2) is 40.3 Å². The molecule has 1 aromatic carbocycles. The average molecular weight is 589 g/mol. The van der Waals surface area contributed by atoms with Crippen LogP contribution in [-0.4, -0.2) is 36.9 Å². The Morgan fingerprint density at radius 2 is 1.78 bits per heavy atom. The lowest BCUT2D eigenvalue weighted by Crippen LogP contribution is -2.30. The molecule has 0 radical (unpaired) electrons. The summed E-state index contributed by atoms with van der Waals surface area (Å²) in [6.45, 7) is 0.576. The van der Waals surface area contributed by atoms with Crippen molar-refractivity contribution in [3.05, 3.63) is 74.2 Å². The van der Waals surface area contributed by atoms with Crippen LogP contribution in [0.2, 0.25) is 0 Å². The number of fused-ring (bicyclic) bond motifs is 1. The van der Waals surface area contributed by atoms with E-state index in [1.165, 1.54) is 6.92 Å². The van der Waals surface area contributed by atoms with Crippen LogP contribution in [0.1, 0.15) is 30.9 Å². The molecule has 41 heavy (non-hydrogen) atoms. The molecule has 0 saturated heterocycles. The van der Waals surface area contributed by atoms with E-state index in [2.05, 4.69) is 20.4 Å². The van der Waals surface area contributed by atoms with Crippen LogP contribution in [0.4, 0.5) is 46.6 Å². The molecule has 0 bridgehead atoms. The van der Waals surface area contributed by atoms with Gasteiger partial charge in [-0.1, -0.05) is 0 Å². The molecule has 0 amide bonds. The normalized spacial score (nSPS) is 13.5. The maximum atomic E-state index is 15.0. The summed E-state index contributed by atoms with van der Waals surface area (Å²) in [6.07, 6.45) is -8.32. The summed E-state index contributed by atoms with van der Waals surface area (Å²) < 4.78 is 111. The Labute approximate surface area is 224 Å². The zero-order valence-electron chi connectivity index (χ0n) is 20.7. The number of nitrogens with zero attached hydrogens (tertiary/aromatic N) is 4. The molecule has 0 saturated carbocycles. The van der Waals surface area contributed by atoms with E-state index >= 15 is 0 Å². The van der Waals surface area contributed by atoms with Crippen LogP contribution < -0.4 is 22.2 Å². The van der Waals surface area contributed by atoms with Gasteiger partial charge < -0.3 is 15.6 Å². The first-order valence-electron chi connectivity index (χ1n) is 11.7. The number of pyridine rings is 1. The Balaban J connectivity index is 1.57. The van der Waals surface area contributed by atoms with E-state index in [1.54, 1.807) is 5.10 Å². The summed E-state index contributed by atoms with van der Waals surface area (Å²) in [7, 11) is 0. The second kappa shape index (κ2) is 11.1. The van der Waals surface area contributed by atoms with E-state index in [-0.39, 0.29) is 0 Å². The Morgan fingerprint density at radius 3 is 2.41 bits per heavy atom. The minimum Gasteiger partial charge on any atom is -0.383 e. The van der Waals surface area contributed by atoms with E-state index in [9.17, 15) is 44.7 Å². The minimum atomic E-state index is -5.02. The van der Waals surface area contributed by atoms with E-state index in [4.69, 9.17) is 5.73 Å². The molecule has 9 nitrogen and oxygen atoms in total. The van der Waals surface area contributed by atoms with Gasteiger partial charge in [-0.3, -0.25) is 9.59 Å². The number of halogens is 8. The van der Waals surface area contributed by atoms with Crippen LogP contribution in [0.25, 0.3) is 22.2 Å². The number of nitrogens with one attached hydrogen (secondary N) is 2. The number of alkyl halides is 6. The Bertz CT molecular complexity index is 1720. The average Bonchev–Trinajstić information content (AvgIpc) is 2.85. The highest BCUT2D eigenvalue weighted by Crippen LogP contribution is 2.32. The van der Waals surface area contributed by atoms with Crippen molar-refractivity contribution in [1.82, 2.24) is 24.7 Å². The molecule has 3 heterocycles. The number of aromatic amines is 1. The fraction of sp³-hybridized carbons (Fsp3) is 0.292. The second-order valence-corrected chi connectivity index (χ2v) is 9.01. The number of nitrogen functional groups attached to an aromatic ring is 1. The van der Waals surface area contributed by atoms with Crippen LogP contribution >= 0.6 is 0 Å². The number of aromatic nitrogens is 5. The van der Waals surface area contributed by atoms with Gasteiger partial charge in [0.15, 0.2) is 5.82 Å². The zero-order chi connectivity index (χ0) is 30.2. The molecule has 0 spiro atoms. The molecule has 0 aliphatic heterocycles. The fourth-order valence-corrected chi connectivity index (χ4v) is 4.16. The smallest absolute Gasteiger partial charge is 0.383 e. The van der Waals surface area contributed by atoms with Gasteiger partial charge in [-0.05, 0) is 19.1 Å². The maximum Gasteiger partial charge on any atom is 0.423 e. The summed E-state index contributed by atoms with van der Waals surface area (Å²) in [5.41, 5.74) is -0.383. The molecule has 4 N–H and O–H groups in total. The van der Waals surface area contributed by atoms with Gasteiger partial charge in [-0.15, -0.1) is 0 Å². The van der Waals surface area contributed by atoms with E-state index in [0.717, 1.165) is 6.07 Å². The van der Waals surface area contributed by atoms with Crippen molar-refractivity contribution in [2.45, 2.75) is 44.7 Å². The van der Waals surface area contributed by atoms with Gasteiger partial charge >= 0.3 is 6.18 Å². The van der Waals surface area contributed by atoms with Crippen LogP contribution in [0.5, 0.6) is 0 Å². The highest BCUT2D eigenvalue weighted by Gasteiger charge is 2.37. The van der Waals surface area contributed by atoms with Crippen molar-refractivity contribution < 1.29 is 35.1 Å². The molecule has 4 aromatic rings. The van der Waals surface area contributed by atoms with Gasteiger partial charge in [0.2, 0.25) is 0 Å². The van der Waals surface area contributed by atoms with Gasteiger partial charge in [-0.25, -0.2) is 37.0 Å². The number of anilines is 2. The third-order valence-corrected chi connectivity index (χ3v) is 5.99. The molecule has 2 atom stereocenters. The number of H-pyrrole nitrogens is 1. The number of rotatable bonds is 8. The summed E-state index contributed by atoms with van der Waals surface area (Å²) in [6, 6.07) is 0.540. The molecule has 0 aliphatic carbocycles. The largest absolute Gasteiger partial charge is 0.423 e. The summed E-state index contributed by atoms with van der Waals surface area (Å²) in [5.74, 6) is -3.24. The van der Waals surface area contributed by atoms with Gasteiger partial charge in [-0.2, -0.15) is 18.3 Å². The standard InChI is InChI=1S/C24H19F8N7O2/c1-9(36-17-6-35-38-22(40)18(17)24(30,31)32)2-10(25)7-39-8-16(27)11-3-13(15(26)4-12(11)23(39)41)21-34-5-14(19(28)29)20(33)37-21/h3-6,8-10,19H,2,7H2,1H3,(H2,33,34,37)(H2,36,38,40)/t9-,10-/m0/s1. The summed E-state index contributed by atoms with van der Waals surface area (Å²) in [4.78, 5) is 31.7. The van der Waals surface area contributed by atoms with Crippen molar-refractivity contribution in [2.75, 3.05) is 11.1 Å². The number of benzene rings is 1. The molecular formula is C24H19F8N7O2. The monoisotopic (exact) mass is 589 g/mol.